The number of azo groups is 2. The molecule has 73 heavy (non-hydrogen) atoms. The molecule has 0 aliphatic carbocycles. The molecule has 27 nitrogen and oxygen atoms in total. The van der Waals surface area contributed by atoms with Crippen LogP contribution in [0.25, 0.3) is 21.5 Å². The van der Waals surface area contributed by atoms with Gasteiger partial charge in [-0.1, -0.05) is 13.2 Å². The van der Waals surface area contributed by atoms with E-state index in [2.05, 4.69) is 59.2 Å². The van der Waals surface area contributed by atoms with Crippen LogP contribution in [0.1, 0.15) is 0 Å². The third kappa shape index (κ3) is 11.4. The van der Waals surface area contributed by atoms with Gasteiger partial charge in [-0.2, -0.15) is 58.9 Å². The highest BCUT2D eigenvalue weighted by Crippen LogP contribution is 2.48. The summed E-state index contributed by atoms with van der Waals surface area (Å²) in [5, 5.41) is 42.0. The van der Waals surface area contributed by atoms with Crippen LogP contribution < -0.4 is 10.6 Å². The monoisotopic (exact) mass is 1140 g/mol. The molecule has 7 aromatic rings. The van der Waals surface area contributed by atoms with Gasteiger partial charge in [-0.25, -0.2) is 16.8 Å². The van der Waals surface area contributed by atoms with Crippen molar-refractivity contribution in [2.75, 3.05) is 10.6 Å². The van der Waals surface area contributed by atoms with Gasteiger partial charge in [0.25, 0.3) is 40.5 Å². The van der Waals surface area contributed by atoms with E-state index in [-0.39, 0.29) is 21.2 Å². The number of fused-ring (bicyclic) bond motifs is 2. The second kappa shape index (κ2) is 19.2. The number of sulfone groups is 2. The Kier molecular flexibility index (Phi) is 14.0. The summed E-state index contributed by atoms with van der Waals surface area (Å²) in [6.07, 6.45) is 0. The summed E-state index contributed by atoms with van der Waals surface area (Å²) < 4.78 is 190. The van der Waals surface area contributed by atoms with Crippen LogP contribution in [0.2, 0.25) is 5.28 Å². The summed E-state index contributed by atoms with van der Waals surface area (Å²) in [6, 6.07) is 13.0. The number of hydrogen-bond acceptors (Lipinski definition) is 23. The van der Waals surface area contributed by atoms with Crippen molar-refractivity contribution in [2.24, 2.45) is 20.5 Å². The van der Waals surface area contributed by atoms with E-state index in [4.69, 9.17) is 11.6 Å². The largest absolute Gasteiger partial charge is 0.505 e. The van der Waals surface area contributed by atoms with Crippen molar-refractivity contribution in [3.8, 4) is 11.5 Å². The molecule has 0 saturated heterocycles. The predicted octanol–water partition coefficient (Wildman–Crippen LogP) is 7.38. The lowest BCUT2D eigenvalue weighted by Gasteiger charge is -2.16. The maximum atomic E-state index is 12.6. The lowest BCUT2D eigenvalue weighted by atomic mass is 10.1. The summed E-state index contributed by atoms with van der Waals surface area (Å²) in [7, 11) is -28.9. The summed E-state index contributed by atoms with van der Waals surface area (Å²) >= 11 is 6.23. The van der Waals surface area contributed by atoms with Crippen LogP contribution in [0, 0.1) is 0 Å². The number of nitrogens with zero attached hydrogens (tertiary/aromatic N) is 7. The number of nitrogens with one attached hydrogen (secondary N) is 2. The predicted molar refractivity (Wildman–Crippen MR) is 258 cm³/mol. The Morgan fingerprint density at radius 2 is 0.808 bits per heavy atom. The van der Waals surface area contributed by atoms with E-state index < -0.39 is 153 Å². The number of phenolic OH excluding ortho intramolecular Hbond substituents is 2. The first-order chi connectivity index (χ1) is 33.8. The maximum absolute atomic E-state index is 12.6. The van der Waals surface area contributed by atoms with E-state index in [9.17, 15) is 78.9 Å². The molecule has 8 N–H and O–H groups in total. The van der Waals surface area contributed by atoms with Gasteiger partial charge >= 0.3 is 0 Å². The lowest BCUT2D eigenvalue weighted by molar-refractivity contribution is 0.471. The second-order valence-electron chi connectivity index (χ2n) is 14.5. The van der Waals surface area contributed by atoms with Crippen LogP contribution >= 0.6 is 11.6 Å². The Morgan fingerprint density at radius 1 is 0.466 bits per heavy atom. The number of aromatic hydroxyl groups is 2. The number of hydrogen-bond donors (Lipinski definition) is 8. The van der Waals surface area contributed by atoms with Crippen molar-refractivity contribution >= 4 is 139 Å². The number of rotatable bonds is 16. The Balaban J connectivity index is 1.38. The van der Waals surface area contributed by atoms with Crippen LogP contribution in [0.5, 0.6) is 11.5 Å². The molecule has 0 fully saturated rings. The molecule has 6 aromatic carbocycles. The van der Waals surface area contributed by atoms with Crippen LogP contribution in [-0.2, 0) is 60.1 Å². The molecule has 0 radical (unpaired) electrons. The van der Waals surface area contributed by atoms with E-state index in [1.54, 1.807) is 0 Å². The Hall–Kier alpha value is -7.44. The standard InChI is InChI=1S/C39H28ClN9O18S6/c1-3-68(52,53)23-9-5-21(6-10-23)46-48-33-29(72(62,63)64)15-19-13-25(70(56,57)58)17-27(31(19)35(33)50)41-38-43-37(40)44-39(45-38)42-28-18-26(71(59,60)61)14-20-16-30(73(65,66)67)34(36(51)32(20)28)49-47-22-7-11-24(12-8-22)69(54,55)4-2/h3-18,50-51H,1-2H2,(H,56,57,58)(H,59,60,61)(H,62,63,64)(H,65,66,67)(H2,41,42,43,44,45). The fourth-order valence-corrected chi connectivity index (χ4v) is 10.5. The van der Waals surface area contributed by atoms with E-state index in [1.165, 1.54) is 0 Å². The normalized spacial score (nSPS) is 12.9. The van der Waals surface area contributed by atoms with Crippen molar-refractivity contribution in [2.45, 2.75) is 29.4 Å². The topological polar surface area (TPSA) is 438 Å². The van der Waals surface area contributed by atoms with Gasteiger partial charge in [0.2, 0.25) is 17.2 Å². The molecule has 0 spiro atoms. The molecule has 380 valence electrons. The lowest BCUT2D eigenvalue weighted by Crippen LogP contribution is -2.07. The SMILES string of the molecule is C=CS(=O)(=O)c1ccc(N=Nc2c(S(=O)(=O)O)cc3cc(S(=O)(=O)O)cc(Nc4nc(Cl)nc(Nc5cc(S(=O)(=O)O)cc6cc(S(=O)(=O)O)c(N=Nc7ccc(S(=O)(=O)C=C)cc7)c(O)c56)n4)c3c2O)cc1. The minimum atomic E-state index is -5.35. The first-order valence-corrected chi connectivity index (χ1v) is 28.4. The highest BCUT2D eigenvalue weighted by atomic mass is 35.5. The number of halogens is 1. The Labute approximate surface area is 416 Å². The highest BCUT2D eigenvalue weighted by molar-refractivity contribution is 7.94. The zero-order valence-corrected chi connectivity index (χ0v) is 41.3. The summed E-state index contributed by atoms with van der Waals surface area (Å²) in [6.45, 7) is 6.44. The molecule has 1 aromatic heterocycles. The van der Waals surface area contributed by atoms with Gasteiger partial charge in [0.15, 0.2) is 31.2 Å². The molecule has 0 aliphatic heterocycles. The minimum Gasteiger partial charge on any atom is -0.505 e. The van der Waals surface area contributed by atoms with E-state index >= 15 is 0 Å². The van der Waals surface area contributed by atoms with Crippen molar-refractivity contribution in [1.29, 1.82) is 0 Å². The molecule has 0 amide bonds. The number of aromatic nitrogens is 3. The molecule has 0 bridgehead atoms. The number of phenols is 2. The molecule has 0 saturated carbocycles. The molecular formula is C39H28ClN9O18S6. The fourth-order valence-electron chi connectivity index (χ4n) is 6.52. The van der Waals surface area contributed by atoms with E-state index in [0.29, 0.717) is 47.2 Å². The average Bonchev–Trinajstić information content (AvgIpc) is 3.29. The van der Waals surface area contributed by atoms with Gasteiger partial charge < -0.3 is 20.8 Å². The van der Waals surface area contributed by atoms with Gasteiger partial charge in [-0.05, 0) is 107 Å². The number of anilines is 4. The maximum Gasteiger partial charge on any atom is 0.296 e. The molecule has 34 heteroatoms. The summed E-state index contributed by atoms with van der Waals surface area (Å²) in [4.78, 5) is 7.22. The Morgan fingerprint density at radius 3 is 1.11 bits per heavy atom. The summed E-state index contributed by atoms with van der Waals surface area (Å²) in [5.74, 6) is -3.63. The van der Waals surface area contributed by atoms with Gasteiger partial charge in [-0.3, -0.25) is 18.2 Å². The van der Waals surface area contributed by atoms with Crippen LogP contribution in [0.4, 0.5) is 46.0 Å². The minimum absolute atomic E-state index is 0.113. The highest BCUT2D eigenvalue weighted by Gasteiger charge is 2.28. The van der Waals surface area contributed by atoms with Crippen molar-refractivity contribution < 1.29 is 78.9 Å². The van der Waals surface area contributed by atoms with E-state index in [1.807, 2.05) is 0 Å². The van der Waals surface area contributed by atoms with Gasteiger partial charge in [0.1, 0.15) is 21.2 Å². The fraction of sp³-hybridized carbons (Fsp3) is 0. The zero-order valence-electron chi connectivity index (χ0n) is 35.7. The molecule has 0 atom stereocenters. The first-order valence-electron chi connectivity index (χ1n) is 19.1. The van der Waals surface area contributed by atoms with Crippen molar-refractivity contribution in [3.05, 3.63) is 114 Å². The third-order valence-electron chi connectivity index (χ3n) is 9.80. The Bertz CT molecular complexity index is 4030. The van der Waals surface area contributed by atoms with Crippen molar-refractivity contribution in [3.63, 3.8) is 0 Å². The van der Waals surface area contributed by atoms with Crippen LogP contribution in [0.3, 0.4) is 0 Å². The quantitative estimate of drug-likeness (QED) is 0.0345. The molecular weight excluding hydrogens is 1110 g/mol. The molecule has 0 aliphatic rings. The first kappa shape index (κ1) is 53.4. The summed E-state index contributed by atoms with van der Waals surface area (Å²) in [5.41, 5.74) is -3.30. The number of benzene rings is 6. The average molecular weight is 1140 g/mol. The van der Waals surface area contributed by atoms with E-state index in [0.717, 1.165) is 48.5 Å². The van der Waals surface area contributed by atoms with Gasteiger partial charge in [0.05, 0.1) is 42.3 Å². The van der Waals surface area contributed by atoms with Crippen LogP contribution in [-0.4, -0.2) is 93.9 Å². The third-order valence-corrected chi connectivity index (χ3v) is 16.1. The van der Waals surface area contributed by atoms with Gasteiger partial charge in [-0.15, -0.1) is 10.2 Å². The smallest absolute Gasteiger partial charge is 0.296 e. The second-order valence-corrected chi connectivity index (χ2v) is 24.2. The molecule has 0 unspecified atom stereocenters. The molecule has 1 heterocycles. The van der Waals surface area contributed by atoms with Crippen molar-refractivity contribution in [1.82, 2.24) is 15.0 Å². The zero-order chi connectivity index (χ0) is 53.8. The van der Waals surface area contributed by atoms with Gasteiger partial charge in [0, 0.05) is 21.6 Å². The molecule has 7 rings (SSSR count). The van der Waals surface area contributed by atoms with Crippen LogP contribution in [0.15, 0.2) is 159 Å².